The Bertz CT molecular complexity index is 369. The molecule has 0 saturated carbocycles. The van der Waals surface area contributed by atoms with Gasteiger partial charge in [-0.15, -0.1) is 0 Å². The molecule has 0 aromatic heterocycles. The van der Waals surface area contributed by atoms with Crippen LogP contribution in [0.4, 0.5) is 0 Å². The van der Waals surface area contributed by atoms with E-state index in [0.29, 0.717) is 26.1 Å². The average molecular weight is 297 g/mol. The highest BCUT2D eigenvalue weighted by atomic mass is 16.2. The van der Waals surface area contributed by atoms with Crippen molar-refractivity contribution >= 4 is 11.8 Å². The zero-order valence-electron chi connectivity index (χ0n) is 14.0. The molecule has 5 nitrogen and oxygen atoms in total. The lowest BCUT2D eigenvalue weighted by molar-refractivity contribution is -0.140. The highest BCUT2D eigenvalue weighted by Crippen LogP contribution is 2.21. The monoisotopic (exact) mass is 297 g/mol. The van der Waals surface area contributed by atoms with Gasteiger partial charge in [-0.25, -0.2) is 0 Å². The molecule has 1 fully saturated rings. The maximum absolute atomic E-state index is 12.6. The number of hydrogen-bond donors (Lipinski definition) is 1. The van der Waals surface area contributed by atoms with Gasteiger partial charge in [0.1, 0.15) is 0 Å². The SMILES string of the molecule is CCCC(=O)N1CCCC(C(=O)N(C)CC(C)(C)CN)C1. The van der Waals surface area contributed by atoms with E-state index in [-0.39, 0.29) is 23.1 Å². The van der Waals surface area contributed by atoms with Gasteiger partial charge < -0.3 is 15.5 Å². The molecule has 1 unspecified atom stereocenters. The van der Waals surface area contributed by atoms with Crippen molar-refractivity contribution in [3.05, 3.63) is 0 Å². The summed E-state index contributed by atoms with van der Waals surface area (Å²) in [6, 6.07) is 0. The molecule has 21 heavy (non-hydrogen) atoms. The van der Waals surface area contributed by atoms with Crippen molar-refractivity contribution in [1.82, 2.24) is 9.80 Å². The van der Waals surface area contributed by atoms with E-state index < -0.39 is 0 Å². The Kier molecular flexibility index (Phi) is 6.65. The van der Waals surface area contributed by atoms with E-state index in [1.54, 1.807) is 4.90 Å². The minimum absolute atomic E-state index is 0.0573. The predicted octanol–water partition coefficient (Wildman–Crippen LogP) is 1.47. The molecule has 1 heterocycles. The van der Waals surface area contributed by atoms with Crippen LogP contribution in [0, 0.1) is 11.3 Å². The highest BCUT2D eigenvalue weighted by molar-refractivity contribution is 5.81. The second-order valence-electron chi connectivity index (χ2n) is 6.99. The second-order valence-corrected chi connectivity index (χ2v) is 6.99. The summed E-state index contributed by atoms with van der Waals surface area (Å²) in [6.07, 6.45) is 3.23. The normalized spacial score (nSPS) is 19.5. The summed E-state index contributed by atoms with van der Waals surface area (Å²) < 4.78 is 0. The molecule has 1 atom stereocenters. The van der Waals surface area contributed by atoms with Crippen LogP contribution in [0.3, 0.4) is 0 Å². The molecule has 1 saturated heterocycles. The van der Waals surface area contributed by atoms with Gasteiger partial charge in [0.2, 0.25) is 11.8 Å². The first-order chi connectivity index (χ1) is 9.80. The summed E-state index contributed by atoms with van der Waals surface area (Å²) in [5, 5.41) is 0. The molecule has 0 bridgehead atoms. The third-order valence-electron chi connectivity index (χ3n) is 4.18. The van der Waals surface area contributed by atoms with Gasteiger partial charge in [0.15, 0.2) is 0 Å². The molecule has 0 radical (unpaired) electrons. The number of piperidine rings is 1. The van der Waals surface area contributed by atoms with Crippen molar-refractivity contribution in [1.29, 1.82) is 0 Å². The fourth-order valence-corrected chi connectivity index (χ4v) is 2.87. The summed E-state index contributed by atoms with van der Waals surface area (Å²) in [5.41, 5.74) is 5.66. The fourth-order valence-electron chi connectivity index (χ4n) is 2.87. The number of likely N-dealkylation sites (tertiary alicyclic amines) is 1. The topological polar surface area (TPSA) is 66.6 Å². The lowest BCUT2D eigenvalue weighted by atomic mass is 9.91. The number of carbonyl (C=O) groups excluding carboxylic acids is 2. The van der Waals surface area contributed by atoms with E-state index in [1.807, 2.05) is 18.9 Å². The van der Waals surface area contributed by atoms with Crippen LogP contribution in [0.1, 0.15) is 46.5 Å². The van der Waals surface area contributed by atoms with Crippen LogP contribution >= 0.6 is 0 Å². The van der Waals surface area contributed by atoms with Gasteiger partial charge >= 0.3 is 0 Å². The molecule has 2 N–H and O–H groups in total. The van der Waals surface area contributed by atoms with E-state index in [4.69, 9.17) is 5.73 Å². The summed E-state index contributed by atoms with van der Waals surface area (Å²) in [7, 11) is 1.84. The van der Waals surface area contributed by atoms with E-state index >= 15 is 0 Å². The molecule has 122 valence electrons. The molecule has 0 aliphatic carbocycles. The van der Waals surface area contributed by atoms with Crippen molar-refractivity contribution in [2.24, 2.45) is 17.1 Å². The van der Waals surface area contributed by atoms with Crippen LogP contribution < -0.4 is 5.73 Å². The maximum Gasteiger partial charge on any atom is 0.227 e. The number of carbonyl (C=O) groups is 2. The molecule has 0 aromatic carbocycles. The van der Waals surface area contributed by atoms with E-state index in [0.717, 1.165) is 25.8 Å². The van der Waals surface area contributed by atoms with Crippen molar-refractivity contribution in [3.8, 4) is 0 Å². The number of hydrogen-bond acceptors (Lipinski definition) is 3. The van der Waals surface area contributed by atoms with Crippen LogP contribution in [0.2, 0.25) is 0 Å². The standard InChI is InChI=1S/C16H31N3O2/c1-5-7-14(20)19-9-6-8-13(10-19)15(21)18(4)12-16(2,3)11-17/h13H,5-12,17H2,1-4H3. The number of amides is 2. The Hall–Kier alpha value is -1.10. The van der Waals surface area contributed by atoms with Crippen LogP contribution in [-0.4, -0.2) is 54.8 Å². The summed E-state index contributed by atoms with van der Waals surface area (Å²) in [6.45, 7) is 8.71. The largest absolute Gasteiger partial charge is 0.345 e. The third kappa shape index (κ3) is 5.30. The Morgan fingerprint density at radius 3 is 2.62 bits per heavy atom. The minimum Gasteiger partial charge on any atom is -0.345 e. The first-order valence-electron chi connectivity index (χ1n) is 8.03. The molecule has 0 spiro atoms. The molecule has 1 aliphatic rings. The van der Waals surface area contributed by atoms with Crippen LogP contribution in [0.15, 0.2) is 0 Å². The van der Waals surface area contributed by atoms with Gasteiger partial charge in [-0.1, -0.05) is 20.8 Å². The molecule has 2 amide bonds. The third-order valence-corrected chi connectivity index (χ3v) is 4.18. The molecular weight excluding hydrogens is 266 g/mol. The van der Waals surface area contributed by atoms with Gasteiger partial charge in [0.05, 0.1) is 5.92 Å². The first kappa shape index (κ1) is 18.0. The summed E-state index contributed by atoms with van der Waals surface area (Å²) in [4.78, 5) is 28.2. The fraction of sp³-hybridized carbons (Fsp3) is 0.875. The lowest BCUT2D eigenvalue weighted by Crippen LogP contribution is -2.48. The predicted molar refractivity (Wildman–Crippen MR) is 84.7 cm³/mol. The second kappa shape index (κ2) is 7.78. The first-order valence-corrected chi connectivity index (χ1v) is 8.03. The lowest BCUT2D eigenvalue weighted by Gasteiger charge is -2.36. The van der Waals surface area contributed by atoms with Crippen molar-refractivity contribution in [3.63, 3.8) is 0 Å². The zero-order chi connectivity index (χ0) is 16.0. The van der Waals surface area contributed by atoms with E-state index in [9.17, 15) is 9.59 Å². The Morgan fingerprint density at radius 1 is 1.38 bits per heavy atom. The van der Waals surface area contributed by atoms with E-state index in [1.165, 1.54) is 0 Å². The quantitative estimate of drug-likeness (QED) is 0.807. The minimum atomic E-state index is -0.0726. The average Bonchev–Trinajstić information content (AvgIpc) is 2.46. The van der Waals surface area contributed by atoms with Gasteiger partial charge in [-0.2, -0.15) is 0 Å². The summed E-state index contributed by atoms with van der Waals surface area (Å²) in [5.74, 6) is 0.267. The highest BCUT2D eigenvalue weighted by Gasteiger charge is 2.31. The van der Waals surface area contributed by atoms with Gasteiger partial charge in [-0.3, -0.25) is 9.59 Å². The number of rotatable bonds is 6. The van der Waals surface area contributed by atoms with Crippen molar-refractivity contribution in [2.75, 3.05) is 33.2 Å². The van der Waals surface area contributed by atoms with Crippen LogP contribution in [0.25, 0.3) is 0 Å². The Balaban J connectivity index is 2.59. The molecule has 0 aromatic rings. The van der Waals surface area contributed by atoms with Gasteiger partial charge in [-0.05, 0) is 31.2 Å². The Labute approximate surface area is 128 Å². The number of nitrogens with two attached hydrogens (primary N) is 1. The maximum atomic E-state index is 12.6. The zero-order valence-corrected chi connectivity index (χ0v) is 14.0. The summed E-state index contributed by atoms with van der Waals surface area (Å²) >= 11 is 0. The van der Waals surface area contributed by atoms with Crippen LogP contribution in [0.5, 0.6) is 0 Å². The molecule has 1 aliphatic heterocycles. The van der Waals surface area contributed by atoms with Gasteiger partial charge in [0.25, 0.3) is 0 Å². The molecule has 1 rings (SSSR count). The van der Waals surface area contributed by atoms with Gasteiger partial charge in [0, 0.05) is 33.1 Å². The van der Waals surface area contributed by atoms with Crippen molar-refractivity contribution < 1.29 is 9.59 Å². The molecule has 5 heteroatoms. The number of nitrogens with zero attached hydrogens (tertiary/aromatic N) is 2. The molecular formula is C16H31N3O2. The van der Waals surface area contributed by atoms with E-state index in [2.05, 4.69) is 13.8 Å². The van der Waals surface area contributed by atoms with Crippen LogP contribution in [-0.2, 0) is 9.59 Å². The smallest absolute Gasteiger partial charge is 0.227 e. The Morgan fingerprint density at radius 2 is 2.05 bits per heavy atom. The van der Waals surface area contributed by atoms with Crippen molar-refractivity contribution in [2.45, 2.75) is 46.5 Å².